The fourth-order valence-corrected chi connectivity index (χ4v) is 9.30. The molecule has 0 aromatic carbocycles. The molecule has 0 saturated carbocycles. The molecular formula is C10H18HgN8. The van der Waals surface area contributed by atoms with Crippen molar-refractivity contribution < 1.29 is 24.6 Å². The number of nitrogens with zero attached hydrogens (tertiary/aromatic N) is 8. The van der Waals surface area contributed by atoms with E-state index >= 15 is 0 Å². The van der Waals surface area contributed by atoms with Gasteiger partial charge in [0.25, 0.3) is 0 Å². The van der Waals surface area contributed by atoms with Gasteiger partial charge < -0.3 is 0 Å². The Bertz CT molecular complexity index is 508. The Hall–Kier alpha value is -0.925. The SMILES string of the molecule is CC(C)(C)n1nnn[c]1[Hg][c]1nnnn1C(C)(C)C. The molecule has 0 N–H and O–H groups in total. The van der Waals surface area contributed by atoms with Crippen molar-refractivity contribution in [1.82, 2.24) is 40.4 Å². The summed E-state index contributed by atoms with van der Waals surface area (Å²) in [7, 11) is 0. The molecule has 19 heavy (non-hydrogen) atoms. The zero-order chi connectivity index (χ0) is 14.3. The first-order valence-corrected chi connectivity index (χ1v) is 11.7. The third-order valence-electron chi connectivity index (χ3n) is 2.66. The van der Waals surface area contributed by atoms with Crippen molar-refractivity contribution >= 4 is 6.67 Å². The molecule has 0 aliphatic heterocycles. The van der Waals surface area contributed by atoms with Crippen LogP contribution in [0.4, 0.5) is 0 Å². The van der Waals surface area contributed by atoms with Crippen molar-refractivity contribution in [2.75, 3.05) is 0 Å². The molecule has 0 aliphatic rings. The van der Waals surface area contributed by atoms with E-state index in [4.69, 9.17) is 0 Å². The normalized spacial score (nSPS) is 12.5. The Kier molecular flexibility index (Phi) is 3.72. The van der Waals surface area contributed by atoms with E-state index in [1.807, 2.05) is 9.36 Å². The van der Waals surface area contributed by atoms with Gasteiger partial charge in [-0.15, -0.1) is 0 Å². The van der Waals surface area contributed by atoms with Gasteiger partial charge in [-0.3, -0.25) is 0 Å². The summed E-state index contributed by atoms with van der Waals surface area (Å²) in [6.45, 7) is 12.5. The van der Waals surface area contributed by atoms with Crippen molar-refractivity contribution in [2.45, 2.75) is 52.6 Å². The predicted molar refractivity (Wildman–Crippen MR) is 64.9 cm³/mol. The fourth-order valence-electron chi connectivity index (χ4n) is 1.82. The zero-order valence-electron chi connectivity index (χ0n) is 12.3. The summed E-state index contributed by atoms with van der Waals surface area (Å²) in [5.41, 5.74) is -0.225. The molecule has 8 nitrogen and oxygen atoms in total. The van der Waals surface area contributed by atoms with E-state index in [-0.39, 0.29) is 11.1 Å². The van der Waals surface area contributed by atoms with Crippen LogP contribution < -0.4 is 6.67 Å². The van der Waals surface area contributed by atoms with Gasteiger partial charge in [-0.25, -0.2) is 0 Å². The molecule has 0 spiro atoms. The average molecular weight is 451 g/mol. The van der Waals surface area contributed by atoms with Gasteiger partial charge in [0.15, 0.2) is 0 Å². The summed E-state index contributed by atoms with van der Waals surface area (Å²) in [6.07, 6.45) is 0. The molecule has 0 fully saturated rings. The first kappa shape index (κ1) is 14.5. The first-order chi connectivity index (χ1) is 8.69. The molecule has 2 aromatic heterocycles. The molecule has 0 bridgehead atoms. The monoisotopic (exact) mass is 452 g/mol. The second kappa shape index (κ2) is 4.88. The first-order valence-electron chi connectivity index (χ1n) is 6.25. The van der Waals surface area contributed by atoms with Crippen LogP contribution in [-0.4, -0.2) is 40.4 Å². The molecule has 0 amide bonds. The molecule has 0 radical (unpaired) electrons. The second-order valence-corrected chi connectivity index (χ2v) is 12.8. The van der Waals surface area contributed by atoms with Gasteiger partial charge in [-0.05, 0) is 0 Å². The summed E-state index contributed by atoms with van der Waals surface area (Å²) < 4.78 is 5.76. The van der Waals surface area contributed by atoms with E-state index in [1.165, 1.54) is 0 Å². The number of hydrogen-bond acceptors (Lipinski definition) is 6. The summed E-state index contributed by atoms with van der Waals surface area (Å²) in [6, 6.07) is 0. The van der Waals surface area contributed by atoms with Crippen LogP contribution in [0.5, 0.6) is 0 Å². The average Bonchev–Trinajstić information content (AvgIpc) is 2.83. The second-order valence-electron chi connectivity index (χ2n) is 6.53. The van der Waals surface area contributed by atoms with E-state index in [2.05, 4.69) is 72.6 Å². The van der Waals surface area contributed by atoms with Crippen LogP contribution in [0.1, 0.15) is 41.5 Å². The molecule has 0 atom stereocenters. The van der Waals surface area contributed by atoms with Crippen molar-refractivity contribution in [2.24, 2.45) is 0 Å². The molecule has 2 heterocycles. The molecule has 100 valence electrons. The van der Waals surface area contributed by atoms with Crippen molar-refractivity contribution in [3.05, 3.63) is 0 Å². The zero-order valence-corrected chi connectivity index (χ0v) is 17.8. The van der Waals surface area contributed by atoms with Crippen LogP contribution in [0, 0.1) is 0 Å². The van der Waals surface area contributed by atoms with Crippen LogP contribution in [0.15, 0.2) is 0 Å². The van der Waals surface area contributed by atoms with Crippen LogP contribution in [0.2, 0.25) is 0 Å². The topological polar surface area (TPSA) is 87.2 Å². The van der Waals surface area contributed by atoms with Gasteiger partial charge in [0.1, 0.15) is 0 Å². The van der Waals surface area contributed by atoms with Gasteiger partial charge >= 0.3 is 124 Å². The number of aromatic nitrogens is 8. The summed E-state index contributed by atoms with van der Waals surface area (Å²) in [4.78, 5) is 0. The maximum absolute atomic E-state index is 4.17. The van der Waals surface area contributed by atoms with Crippen molar-refractivity contribution in [3.63, 3.8) is 0 Å². The minimum atomic E-state index is -1.77. The Labute approximate surface area is 124 Å². The summed E-state index contributed by atoms with van der Waals surface area (Å²) >= 11 is -1.77. The fraction of sp³-hybridized carbons (Fsp3) is 0.800. The Morgan fingerprint density at radius 2 is 1.11 bits per heavy atom. The molecule has 0 unspecified atom stereocenters. The van der Waals surface area contributed by atoms with Crippen LogP contribution >= 0.6 is 0 Å². The molecule has 9 heteroatoms. The van der Waals surface area contributed by atoms with Gasteiger partial charge in [0.05, 0.1) is 0 Å². The van der Waals surface area contributed by atoms with Gasteiger partial charge in [0.2, 0.25) is 0 Å². The Balaban J connectivity index is 2.33. The number of rotatable bonds is 2. The number of tetrazole rings is 2. The Morgan fingerprint density at radius 3 is 1.42 bits per heavy atom. The van der Waals surface area contributed by atoms with E-state index in [1.54, 1.807) is 0 Å². The van der Waals surface area contributed by atoms with Gasteiger partial charge in [0, 0.05) is 0 Å². The summed E-state index contributed by atoms with van der Waals surface area (Å²) in [5, 5.41) is 24.1. The van der Waals surface area contributed by atoms with E-state index in [9.17, 15) is 0 Å². The summed E-state index contributed by atoms with van der Waals surface area (Å²) in [5.74, 6) is 0. The van der Waals surface area contributed by atoms with Crippen molar-refractivity contribution in [3.8, 4) is 0 Å². The molecule has 2 aromatic rings. The minimum absolute atomic E-state index is 0.112. The third-order valence-corrected chi connectivity index (χ3v) is 8.54. The van der Waals surface area contributed by atoms with Crippen LogP contribution in [0.25, 0.3) is 0 Å². The molecule has 0 aliphatic carbocycles. The number of hydrogen-bond donors (Lipinski definition) is 0. The van der Waals surface area contributed by atoms with Crippen LogP contribution in [-0.2, 0) is 35.7 Å². The molecular weight excluding hydrogens is 433 g/mol. The van der Waals surface area contributed by atoms with Crippen molar-refractivity contribution in [1.29, 1.82) is 0 Å². The van der Waals surface area contributed by atoms with E-state index in [0.717, 1.165) is 6.67 Å². The van der Waals surface area contributed by atoms with Gasteiger partial charge in [-0.1, -0.05) is 0 Å². The third kappa shape index (κ3) is 3.15. The molecule has 2 rings (SSSR count). The van der Waals surface area contributed by atoms with Crippen LogP contribution in [0.3, 0.4) is 0 Å². The Morgan fingerprint density at radius 1 is 0.737 bits per heavy atom. The maximum atomic E-state index is 4.17. The van der Waals surface area contributed by atoms with E-state index < -0.39 is 24.6 Å². The van der Waals surface area contributed by atoms with E-state index in [0.29, 0.717) is 0 Å². The standard InChI is InChI=1S/2C5H9N4.Hg/c2*1-5(2,3)9-4-6-7-8-9;/h2*1-3H3;. The quantitative estimate of drug-likeness (QED) is 0.557. The predicted octanol–water partition coefficient (Wildman–Crippen LogP) is -0.797. The molecule has 0 saturated heterocycles. The van der Waals surface area contributed by atoms with Gasteiger partial charge in [-0.2, -0.15) is 0 Å².